The van der Waals surface area contributed by atoms with Crippen LogP contribution >= 0.6 is 0 Å². The van der Waals surface area contributed by atoms with Gasteiger partial charge in [-0.3, -0.25) is 0 Å². The molecule has 1 fully saturated rings. The number of rotatable bonds is 6. The van der Waals surface area contributed by atoms with Crippen LogP contribution in [-0.4, -0.2) is 32.4 Å². The predicted octanol–water partition coefficient (Wildman–Crippen LogP) is 2.11. The van der Waals surface area contributed by atoms with Crippen LogP contribution in [0.2, 0.25) is 0 Å². The van der Waals surface area contributed by atoms with E-state index in [4.69, 9.17) is 9.47 Å². The molecule has 1 heterocycles. The monoisotopic (exact) mass is 257 g/mol. The molecule has 1 aromatic carbocycles. The Hall–Kier alpha value is -1.20. The van der Waals surface area contributed by atoms with Gasteiger partial charge in [-0.15, -0.1) is 0 Å². The molecule has 0 saturated carbocycles. The summed E-state index contributed by atoms with van der Waals surface area (Å²) in [5.74, 6) is -1.87. The average molecular weight is 257 g/mol. The molecule has 0 aromatic heterocycles. The van der Waals surface area contributed by atoms with Gasteiger partial charge in [0.05, 0.1) is 6.10 Å². The van der Waals surface area contributed by atoms with Crippen LogP contribution in [0.4, 0.5) is 8.78 Å². The fourth-order valence-electron chi connectivity index (χ4n) is 1.90. The van der Waals surface area contributed by atoms with Gasteiger partial charge in [-0.25, -0.2) is 4.39 Å². The van der Waals surface area contributed by atoms with E-state index < -0.39 is 11.6 Å². The number of benzene rings is 1. The minimum absolute atomic E-state index is 0.0473. The quantitative estimate of drug-likeness (QED) is 0.792. The van der Waals surface area contributed by atoms with Crippen molar-refractivity contribution in [3.63, 3.8) is 0 Å². The molecule has 1 aliphatic heterocycles. The van der Waals surface area contributed by atoms with Gasteiger partial charge in [0.1, 0.15) is 6.61 Å². The topological polar surface area (TPSA) is 30.5 Å². The Morgan fingerprint density at radius 1 is 1.39 bits per heavy atom. The van der Waals surface area contributed by atoms with E-state index in [1.807, 2.05) is 0 Å². The van der Waals surface area contributed by atoms with Gasteiger partial charge in [-0.1, -0.05) is 6.07 Å². The van der Waals surface area contributed by atoms with E-state index in [1.54, 1.807) is 0 Å². The second-order valence-corrected chi connectivity index (χ2v) is 4.24. The Labute approximate surface area is 105 Å². The van der Waals surface area contributed by atoms with Crippen molar-refractivity contribution in [3.05, 3.63) is 29.8 Å². The van der Waals surface area contributed by atoms with Crippen molar-refractivity contribution in [3.8, 4) is 5.75 Å². The van der Waals surface area contributed by atoms with Gasteiger partial charge in [0.15, 0.2) is 11.6 Å². The van der Waals surface area contributed by atoms with Crippen molar-refractivity contribution in [1.82, 2.24) is 5.32 Å². The molecule has 0 spiro atoms. The molecule has 1 saturated heterocycles. The van der Waals surface area contributed by atoms with Crippen LogP contribution in [-0.2, 0) is 4.74 Å². The predicted molar refractivity (Wildman–Crippen MR) is 63.7 cm³/mol. The summed E-state index contributed by atoms with van der Waals surface area (Å²) in [4.78, 5) is 0. The van der Waals surface area contributed by atoms with E-state index in [-0.39, 0.29) is 11.9 Å². The molecule has 5 heteroatoms. The smallest absolute Gasteiger partial charge is 0.200 e. The highest BCUT2D eigenvalue weighted by atomic mass is 19.2. The summed E-state index contributed by atoms with van der Waals surface area (Å²) in [6, 6.07) is 3.91. The minimum Gasteiger partial charge on any atom is -0.489 e. The average Bonchev–Trinajstić information content (AvgIpc) is 2.87. The molecule has 1 unspecified atom stereocenters. The molecule has 3 nitrogen and oxygen atoms in total. The second kappa shape index (κ2) is 6.66. The van der Waals surface area contributed by atoms with Crippen molar-refractivity contribution < 1.29 is 18.3 Å². The lowest BCUT2D eigenvalue weighted by atomic mass is 10.2. The standard InChI is InChI=1S/C13H17F2NO2/c14-11-4-1-5-12(13(11)15)18-8-6-16-9-10-3-2-7-17-10/h1,4-5,10,16H,2-3,6-9H2. The Balaban J connectivity index is 1.64. The summed E-state index contributed by atoms with van der Waals surface area (Å²) >= 11 is 0. The molecule has 0 bridgehead atoms. The van der Waals surface area contributed by atoms with Gasteiger partial charge in [-0.2, -0.15) is 4.39 Å². The zero-order chi connectivity index (χ0) is 12.8. The molecule has 1 atom stereocenters. The molecule has 2 rings (SSSR count). The summed E-state index contributed by atoms with van der Waals surface area (Å²) in [5.41, 5.74) is 0. The van der Waals surface area contributed by atoms with E-state index in [1.165, 1.54) is 12.1 Å². The lowest BCUT2D eigenvalue weighted by molar-refractivity contribution is 0.109. The van der Waals surface area contributed by atoms with Gasteiger partial charge in [0.25, 0.3) is 0 Å². The van der Waals surface area contributed by atoms with Gasteiger partial charge in [0, 0.05) is 19.7 Å². The first-order valence-electron chi connectivity index (χ1n) is 6.16. The number of hydrogen-bond acceptors (Lipinski definition) is 3. The molecule has 1 N–H and O–H groups in total. The van der Waals surface area contributed by atoms with Crippen molar-refractivity contribution in [2.75, 3.05) is 26.3 Å². The van der Waals surface area contributed by atoms with E-state index in [2.05, 4.69) is 5.32 Å². The molecular weight excluding hydrogens is 240 g/mol. The van der Waals surface area contributed by atoms with Crippen molar-refractivity contribution >= 4 is 0 Å². The number of ether oxygens (including phenoxy) is 2. The molecular formula is C13H17F2NO2. The van der Waals surface area contributed by atoms with E-state index in [0.29, 0.717) is 13.2 Å². The summed E-state index contributed by atoms with van der Waals surface area (Å²) in [7, 11) is 0. The summed E-state index contributed by atoms with van der Waals surface area (Å²) in [6.45, 7) is 2.48. The molecule has 0 aliphatic carbocycles. The lowest BCUT2D eigenvalue weighted by Gasteiger charge is -2.11. The molecule has 0 radical (unpaired) electrons. The minimum atomic E-state index is -0.934. The SMILES string of the molecule is Fc1cccc(OCCNCC2CCCO2)c1F. The molecule has 18 heavy (non-hydrogen) atoms. The summed E-state index contributed by atoms with van der Waals surface area (Å²) in [6.07, 6.45) is 2.46. The zero-order valence-corrected chi connectivity index (χ0v) is 10.1. The zero-order valence-electron chi connectivity index (χ0n) is 10.1. The van der Waals surface area contributed by atoms with Crippen LogP contribution in [0, 0.1) is 11.6 Å². The Kier molecular flexibility index (Phi) is 4.90. The van der Waals surface area contributed by atoms with E-state index >= 15 is 0 Å². The first-order valence-corrected chi connectivity index (χ1v) is 6.16. The molecule has 0 amide bonds. The Morgan fingerprint density at radius 3 is 3.06 bits per heavy atom. The molecule has 1 aromatic rings. The van der Waals surface area contributed by atoms with Crippen LogP contribution in [0.3, 0.4) is 0 Å². The van der Waals surface area contributed by atoms with Gasteiger partial charge in [0.2, 0.25) is 5.82 Å². The van der Waals surface area contributed by atoms with Crippen LogP contribution < -0.4 is 10.1 Å². The molecule has 100 valence electrons. The third-order valence-electron chi connectivity index (χ3n) is 2.85. The first kappa shape index (κ1) is 13.2. The van der Waals surface area contributed by atoms with Crippen LogP contribution in [0.5, 0.6) is 5.75 Å². The normalized spacial score (nSPS) is 19.1. The van der Waals surface area contributed by atoms with Crippen molar-refractivity contribution in [2.24, 2.45) is 0 Å². The first-order chi connectivity index (χ1) is 8.77. The van der Waals surface area contributed by atoms with Gasteiger partial charge in [-0.05, 0) is 25.0 Å². The molecule has 1 aliphatic rings. The number of nitrogens with one attached hydrogen (secondary N) is 1. The van der Waals surface area contributed by atoms with Crippen LogP contribution in [0.25, 0.3) is 0 Å². The van der Waals surface area contributed by atoms with Crippen molar-refractivity contribution in [2.45, 2.75) is 18.9 Å². The third-order valence-corrected chi connectivity index (χ3v) is 2.85. The lowest BCUT2D eigenvalue weighted by Crippen LogP contribution is -2.29. The van der Waals surface area contributed by atoms with E-state index in [9.17, 15) is 8.78 Å². The highest BCUT2D eigenvalue weighted by molar-refractivity contribution is 5.24. The maximum absolute atomic E-state index is 13.2. The van der Waals surface area contributed by atoms with Gasteiger partial charge >= 0.3 is 0 Å². The number of halogens is 2. The second-order valence-electron chi connectivity index (χ2n) is 4.24. The highest BCUT2D eigenvalue weighted by Gasteiger charge is 2.14. The van der Waals surface area contributed by atoms with Crippen LogP contribution in [0.1, 0.15) is 12.8 Å². The van der Waals surface area contributed by atoms with E-state index in [0.717, 1.165) is 32.1 Å². The van der Waals surface area contributed by atoms with Crippen molar-refractivity contribution in [1.29, 1.82) is 0 Å². The Bertz CT molecular complexity index is 381. The maximum Gasteiger partial charge on any atom is 0.200 e. The maximum atomic E-state index is 13.2. The fraction of sp³-hybridized carbons (Fsp3) is 0.538. The fourth-order valence-corrected chi connectivity index (χ4v) is 1.90. The Morgan fingerprint density at radius 2 is 2.28 bits per heavy atom. The highest BCUT2D eigenvalue weighted by Crippen LogP contribution is 2.18. The largest absolute Gasteiger partial charge is 0.489 e. The number of hydrogen-bond donors (Lipinski definition) is 1. The van der Waals surface area contributed by atoms with Crippen LogP contribution in [0.15, 0.2) is 18.2 Å². The summed E-state index contributed by atoms with van der Waals surface area (Å²) in [5, 5.41) is 3.17. The van der Waals surface area contributed by atoms with Gasteiger partial charge < -0.3 is 14.8 Å². The third kappa shape index (κ3) is 3.65. The summed E-state index contributed by atoms with van der Waals surface area (Å²) < 4.78 is 36.7.